The first kappa shape index (κ1) is 14.6. The van der Waals surface area contributed by atoms with Crippen LogP contribution in [0.1, 0.15) is 25.0 Å². The highest BCUT2D eigenvalue weighted by atomic mass is 31.2. The fraction of sp³-hybridized carbons (Fsp3) is 0.364. The van der Waals surface area contributed by atoms with Crippen molar-refractivity contribution in [3.05, 3.63) is 33.6 Å². The van der Waals surface area contributed by atoms with Crippen LogP contribution in [0.15, 0.2) is 16.9 Å². The molecule has 0 spiro atoms. The van der Waals surface area contributed by atoms with Gasteiger partial charge in [-0.15, -0.1) is 5.10 Å². The van der Waals surface area contributed by atoms with Gasteiger partial charge in [0, 0.05) is 0 Å². The summed E-state index contributed by atoms with van der Waals surface area (Å²) in [6.45, 7) is 3.85. The van der Waals surface area contributed by atoms with Crippen LogP contribution in [0.3, 0.4) is 0 Å². The van der Waals surface area contributed by atoms with Crippen LogP contribution >= 0.6 is 7.82 Å². The number of aromatic nitrogens is 3. The van der Waals surface area contributed by atoms with Crippen LogP contribution in [0.2, 0.25) is 0 Å². The molecule has 0 saturated carbocycles. The van der Waals surface area contributed by atoms with Gasteiger partial charge in [0.15, 0.2) is 0 Å². The van der Waals surface area contributed by atoms with Gasteiger partial charge in [0.05, 0.1) is 5.39 Å². The Morgan fingerprint density at radius 2 is 2.00 bits per heavy atom. The third-order valence-electron chi connectivity index (χ3n) is 2.93. The number of aryl methyl sites for hydroxylation is 2. The predicted octanol–water partition coefficient (Wildman–Crippen LogP) is 0.438. The van der Waals surface area contributed by atoms with E-state index in [1.807, 2.05) is 19.9 Å². The van der Waals surface area contributed by atoms with Crippen molar-refractivity contribution in [2.24, 2.45) is 0 Å². The van der Waals surface area contributed by atoms with E-state index in [2.05, 4.69) is 14.9 Å². The van der Waals surface area contributed by atoms with E-state index in [-0.39, 0.29) is 10.2 Å². The summed E-state index contributed by atoms with van der Waals surface area (Å²) < 4.78 is 15.0. The molecule has 0 aliphatic heterocycles. The van der Waals surface area contributed by atoms with Gasteiger partial charge in [0.25, 0.3) is 0 Å². The van der Waals surface area contributed by atoms with Gasteiger partial charge in [0.1, 0.15) is 5.52 Å². The summed E-state index contributed by atoms with van der Waals surface area (Å²) >= 11 is 0. The Labute approximate surface area is 114 Å². The Kier molecular flexibility index (Phi) is 3.89. The number of rotatable bonds is 4. The summed E-state index contributed by atoms with van der Waals surface area (Å²) in [6.07, 6.45) is 1.33. The minimum Gasteiger partial charge on any atom is -0.292 e. The second kappa shape index (κ2) is 5.32. The van der Waals surface area contributed by atoms with Crippen molar-refractivity contribution in [3.8, 4) is 0 Å². The van der Waals surface area contributed by atoms with Gasteiger partial charge < -0.3 is 0 Å². The molecule has 8 nitrogen and oxygen atoms in total. The highest BCUT2D eigenvalue weighted by molar-refractivity contribution is 7.46. The van der Waals surface area contributed by atoms with E-state index in [9.17, 15) is 9.36 Å². The van der Waals surface area contributed by atoms with Crippen LogP contribution in [0.5, 0.6) is 0 Å². The van der Waals surface area contributed by atoms with E-state index >= 15 is 0 Å². The molecule has 1 aromatic heterocycles. The summed E-state index contributed by atoms with van der Waals surface area (Å²) in [5.74, 6) is 0. The minimum atomic E-state index is -4.87. The van der Waals surface area contributed by atoms with Crippen LogP contribution in [0, 0.1) is 0 Å². The highest BCUT2D eigenvalue weighted by Gasteiger charge is 2.20. The van der Waals surface area contributed by atoms with Gasteiger partial charge in [0.2, 0.25) is 0 Å². The SMILES string of the molecule is CCc1ccc2nnn(OP(=O)(O)O)c(=O)c2c1CC. The van der Waals surface area contributed by atoms with Crippen molar-refractivity contribution in [1.29, 1.82) is 0 Å². The number of fused-ring (bicyclic) bond motifs is 1. The Morgan fingerprint density at radius 1 is 1.30 bits per heavy atom. The summed E-state index contributed by atoms with van der Waals surface area (Å²) in [5.41, 5.74) is 1.40. The molecule has 0 unspecified atom stereocenters. The molecule has 20 heavy (non-hydrogen) atoms. The first-order chi connectivity index (χ1) is 9.37. The average molecular weight is 299 g/mol. The third kappa shape index (κ3) is 2.72. The lowest BCUT2D eigenvalue weighted by Crippen LogP contribution is -2.30. The lowest BCUT2D eigenvalue weighted by Gasteiger charge is -2.11. The maximum atomic E-state index is 12.2. The average Bonchev–Trinajstić information content (AvgIpc) is 2.39. The number of phosphoric acid groups is 1. The first-order valence-corrected chi connectivity index (χ1v) is 7.56. The molecule has 0 saturated heterocycles. The highest BCUT2D eigenvalue weighted by Crippen LogP contribution is 2.30. The molecule has 1 heterocycles. The van der Waals surface area contributed by atoms with Gasteiger partial charge in [-0.2, -0.15) is 0 Å². The molecular formula is C11H14N3O5P. The van der Waals surface area contributed by atoms with Gasteiger partial charge in [-0.05, 0) is 40.1 Å². The first-order valence-electron chi connectivity index (χ1n) is 6.03. The van der Waals surface area contributed by atoms with Gasteiger partial charge in [-0.3, -0.25) is 19.2 Å². The molecule has 2 aromatic rings. The van der Waals surface area contributed by atoms with Gasteiger partial charge >= 0.3 is 13.4 Å². The van der Waals surface area contributed by atoms with E-state index in [1.165, 1.54) is 0 Å². The second-order valence-corrected chi connectivity index (χ2v) is 5.29. The van der Waals surface area contributed by atoms with Crippen molar-refractivity contribution < 1.29 is 19.0 Å². The van der Waals surface area contributed by atoms with E-state index in [0.29, 0.717) is 11.9 Å². The maximum absolute atomic E-state index is 12.2. The topological polar surface area (TPSA) is 115 Å². The predicted molar refractivity (Wildman–Crippen MR) is 71.2 cm³/mol. The minimum absolute atomic E-state index is 0.238. The van der Waals surface area contributed by atoms with E-state index in [1.54, 1.807) is 6.07 Å². The molecular weight excluding hydrogens is 285 g/mol. The zero-order valence-corrected chi connectivity index (χ0v) is 11.9. The molecule has 2 N–H and O–H groups in total. The summed E-state index contributed by atoms with van der Waals surface area (Å²) in [7, 11) is -4.87. The molecule has 9 heteroatoms. The number of hydrogen-bond donors (Lipinski definition) is 2. The van der Waals surface area contributed by atoms with Crippen molar-refractivity contribution in [1.82, 2.24) is 15.2 Å². The zero-order chi connectivity index (χ0) is 14.9. The molecule has 1 aromatic carbocycles. The third-order valence-corrected chi connectivity index (χ3v) is 3.29. The molecule has 2 rings (SSSR count). The van der Waals surface area contributed by atoms with Gasteiger partial charge in [-0.25, -0.2) is 4.57 Å². The molecule has 0 bridgehead atoms. The van der Waals surface area contributed by atoms with E-state index in [0.717, 1.165) is 17.5 Å². The fourth-order valence-corrected chi connectivity index (χ4v) is 2.42. The monoisotopic (exact) mass is 299 g/mol. The maximum Gasteiger partial charge on any atom is 0.545 e. The Morgan fingerprint density at radius 3 is 2.55 bits per heavy atom. The molecule has 108 valence electrons. The number of benzene rings is 1. The number of nitrogens with zero attached hydrogens (tertiary/aromatic N) is 3. The fourth-order valence-electron chi connectivity index (χ4n) is 2.11. The number of hydrogen-bond acceptors (Lipinski definition) is 5. The molecule has 0 atom stereocenters. The quantitative estimate of drug-likeness (QED) is 0.787. The summed E-state index contributed by atoms with van der Waals surface area (Å²) in [5, 5.41) is 7.39. The van der Waals surface area contributed by atoms with Crippen LogP contribution in [0.4, 0.5) is 0 Å². The van der Waals surface area contributed by atoms with Crippen LogP contribution in [0.25, 0.3) is 10.9 Å². The lowest BCUT2D eigenvalue weighted by atomic mass is 9.99. The standard InChI is InChI=1S/C11H14N3O5P/c1-3-7-5-6-9-10(8(7)4-2)11(15)14(13-12-9)19-20(16,17)18/h5-6H,3-4H2,1-2H3,(H2,16,17,18). The molecule has 0 amide bonds. The molecule has 0 radical (unpaired) electrons. The van der Waals surface area contributed by atoms with Crippen LogP contribution in [-0.4, -0.2) is 24.9 Å². The van der Waals surface area contributed by atoms with Crippen molar-refractivity contribution >= 4 is 18.7 Å². The smallest absolute Gasteiger partial charge is 0.292 e. The Bertz CT molecular complexity index is 752. The molecule has 0 fully saturated rings. The lowest BCUT2D eigenvalue weighted by molar-refractivity contribution is 0.140. The van der Waals surface area contributed by atoms with E-state index < -0.39 is 13.4 Å². The molecule has 0 aliphatic rings. The van der Waals surface area contributed by atoms with Crippen molar-refractivity contribution in [2.75, 3.05) is 0 Å². The summed E-state index contributed by atoms with van der Waals surface area (Å²) in [6, 6.07) is 3.52. The van der Waals surface area contributed by atoms with Crippen molar-refractivity contribution in [2.45, 2.75) is 26.7 Å². The molecule has 0 aliphatic carbocycles. The Hall–Kier alpha value is -1.76. The summed E-state index contributed by atoms with van der Waals surface area (Å²) in [4.78, 5) is 30.0. The normalized spacial score (nSPS) is 11.8. The second-order valence-electron chi connectivity index (χ2n) is 4.14. The van der Waals surface area contributed by atoms with E-state index in [4.69, 9.17) is 9.79 Å². The zero-order valence-electron chi connectivity index (χ0n) is 11.0. The Balaban J connectivity index is 2.76. The van der Waals surface area contributed by atoms with Crippen molar-refractivity contribution in [3.63, 3.8) is 0 Å². The van der Waals surface area contributed by atoms with Crippen LogP contribution in [-0.2, 0) is 17.4 Å². The van der Waals surface area contributed by atoms with Crippen LogP contribution < -0.4 is 10.2 Å². The van der Waals surface area contributed by atoms with Gasteiger partial charge in [-0.1, -0.05) is 19.9 Å². The largest absolute Gasteiger partial charge is 0.545 e.